The fraction of sp³-hybridized carbons (Fsp3) is 0.611. The molecule has 1 heterocycles. The number of hydrogen-bond donors (Lipinski definition) is 1. The van der Waals surface area contributed by atoms with Crippen LogP contribution in [0.4, 0.5) is 13.2 Å². The Balaban J connectivity index is 1.68. The van der Waals surface area contributed by atoms with Gasteiger partial charge in [0, 0.05) is 25.9 Å². The highest BCUT2D eigenvalue weighted by Gasteiger charge is 2.56. The van der Waals surface area contributed by atoms with Crippen LogP contribution in [0.1, 0.15) is 37.7 Å². The topological polar surface area (TPSA) is 40.5 Å². The molecule has 1 aliphatic heterocycles. The van der Waals surface area contributed by atoms with Crippen LogP contribution in [0, 0.1) is 5.41 Å². The van der Waals surface area contributed by atoms with Crippen molar-refractivity contribution < 1.29 is 23.1 Å². The number of rotatable bonds is 3. The Morgan fingerprint density at radius 2 is 1.67 bits per heavy atom. The summed E-state index contributed by atoms with van der Waals surface area (Å²) in [7, 11) is 0. The molecule has 0 atom stereocenters. The molecule has 6 heteroatoms. The van der Waals surface area contributed by atoms with E-state index in [1.165, 1.54) is 4.90 Å². The van der Waals surface area contributed by atoms with Gasteiger partial charge in [-0.2, -0.15) is 13.2 Å². The van der Waals surface area contributed by atoms with Crippen molar-refractivity contribution in [1.29, 1.82) is 0 Å². The minimum atomic E-state index is -4.64. The summed E-state index contributed by atoms with van der Waals surface area (Å²) < 4.78 is 38.7. The molecule has 1 aromatic carbocycles. The molecule has 1 saturated heterocycles. The van der Waals surface area contributed by atoms with Gasteiger partial charge in [-0.25, -0.2) is 0 Å². The monoisotopic (exact) mass is 341 g/mol. The van der Waals surface area contributed by atoms with Crippen LogP contribution < -0.4 is 0 Å². The predicted octanol–water partition coefficient (Wildman–Crippen LogP) is 3.32. The molecule has 24 heavy (non-hydrogen) atoms. The molecule has 1 saturated carbocycles. The first kappa shape index (κ1) is 17.3. The number of hydrogen-bond acceptors (Lipinski definition) is 2. The summed E-state index contributed by atoms with van der Waals surface area (Å²) in [6.45, 7) is -0.0727. The lowest BCUT2D eigenvalue weighted by molar-refractivity contribution is -0.272. The van der Waals surface area contributed by atoms with E-state index in [0.29, 0.717) is 6.42 Å². The van der Waals surface area contributed by atoms with E-state index in [0.717, 1.165) is 24.8 Å². The number of halogens is 3. The molecule has 0 unspecified atom stereocenters. The third kappa shape index (κ3) is 3.04. The van der Waals surface area contributed by atoms with E-state index in [1.54, 1.807) is 0 Å². The van der Waals surface area contributed by atoms with E-state index in [1.807, 2.05) is 30.3 Å². The van der Waals surface area contributed by atoms with Crippen molar-refractivity contribution in [3.05, 3.63) is 35.9 Å². The van der Waals surface area contributed by atoms with E-state index in [9.17, 15) is 23.1 Å². The quantitative estimate of drug-likeness (QED) is 0.916. The van der Waals surface area contributed by atoms with Crippen molar-refractivity contribution >= 4 is 5.91 Å². The van der Waals surface area contributed by atoms with Crippen LogP contribution in [0.3, 0.4) is 0 Å². The number of alkyl halides is 3. The second-order valence-electron chi connectivity index (χ2n) is 7.12. The summed E-state index contributed by atoms with van der Waals surface area (Å²) in [6, 6.07) is 9.73. The third-order valence-electron chi connectivity index (χ3n) is 5.56. The van der Waals surface area contributed by atoms with Gasteiger partial charge in [-0.1, -0.05) is 36.8 Å². The largest absolute Gasteiger partial charge is 0.417 e. The first-order chi connectivity index (χ1) is 11.3. The number of carbonyl (C=O) groups is 1. The number of carbonyl (C=O) groups excluding carboxylic acids is 1. The van der Waals surface area contributed by atoms with Crippen LogP contribution in [0.15, 0.2) is 30.3 Å². The Kier molecular flexibility index (Phi) is 4.36. The predicted molar refractivity (Wildman–Crippen MR) is 83.2 cm³/mol. The SMILES string of the molecule is O=C(N1CCC(O)(C(F)(F)F)CC1)C1(Cc2ccccc2)CCC1. The van der Waals surface area contributed by atoms with E-state index in [-0.39, 0.29) is 19.0 Å². The number of amides is 1. The molecular formula is C18H22F3NO2. The lowest BCUT2D eigenvalue weighted by Gasteiger charge is -2.47. The van der Waals surface area contributed by atoms with Gasteiger partial charge in [-0.3, -0.25) is 4.79 Å². The van der Waals surface area contributed by atoms with E-state index in [4.69, 9.17) is 0 Å². The lowest BCUT2D eigenvalue weighted by atomic mass is 9.64. The Morgan fingerprint density at radius 3 is 2.12 bits per heavy atom. The lowest BCUT2D eigenvalue weighted by Crippen LogP contribution is -2.57. The maximum atomic E-state index is 12.9. The second kappa shape index (κ2) is 6.06. The summed E-state index contributed by atoms with van der Waals surface area (Å²) in [5.74, 6) is -0.0539. The molecule has 3 nitrogen and oxygen atoms in total. The number of aliphatic hydroxyl groups is 1. The number of piperidine rings is 1. The molecule has 0 aromatic heterocycles. The van der Waals surface area contributed by atoms with Crippen LogP contribution in [0.2, 0.25) is 0 Å². The second-order valence-corrected chi connectivity index (χ2v) is 7.12. The molecule has 0 radical (unpaired) electrons. The molecule has 2 fully saturated rings. The average Bonchev–Trinajstić information content (AvgIpc) is 2.51. The van der Waals surface area contributed by atoms with Crippen LogP contribution in [-0.4, -0.2) is 40.8 Å². The van der Waals surface area contributed by atoms with Gasteiger partial charge in [-0.05, 0) is 24.8 Å². The Bertz CT molecular complexity index is 588. The standard InChI is InChI=1S/C18H22F3NO2/c19-18(20,21)17(24)9-11-22(12-10-17)15(23)16(7-4-8-16)13-14-5-2-1-3-6-14/h1-3,5-6,24H,4,7-13H2. The van der Waals surface area contributed by atoms with Gasteiger partial charge < -0.3 is 10.0 Å². The van der Waals surface area contributed by atoms with Crippen molar-refractivity contribution in [1.82, 2.24) is 4.90 Å². The fourth-order valence-electron chi connectivity index (χ4n) is 3.76. The normalized spacial score (nSPS) is 22.8. The zero-order valence-corrected chi connectivity index (χ0v) is 13.5. The van der Waals surface area contributed by atoms with Crippen molar-refractivity contribution in [3.8, 4) is 0 Å². The Hall–Kier alpha value is -1.56. The zero-order valence-electron chi connectivity index (χ0n) is 13.5. The summed E-state index contributed by atoms with van der Waals surface area (Å²) in [4.78, 5) is 14.4. The highest BCUT2D eigenvalue weighted by molar-refractivity contribution is 5.84. The molecule has 1 N–H and O–H groups in total. The van der Waals surface area contributed by atoms with E-state index < -0.39 is 30.0 Å². The average molecular weight is 341 g/mol. The van der Waals surface area contributed by atoms with Gasteiger partial charge in [0.05, 0.1) is 5.41 Å². The van der Waals surface area contributed by atoms with Crippen LogP contribution in [-0.2, 0) is 11.2 Å². The molecule has 1 amide bonds. The summed E-state index contributed by atoms with van der Waals surface area (Å²) in [5.41, 5.74) is -2.06. The van der Waals surface area contributed by atoms with Crippen molar-refractivity contribution in [2.45, 2.75) is 50.3 Å². The van der Waals surface area contributed by atoms with Gasteiger partial charge >= 0.3 is 6.18 Å². The van der Waals surface area contributed by atoms with Crippen LogP contribution >= 0.6 is 0 Å². The molecule has 3 rings (SSSR count). The molecular weight excluding hydrogens is 319 g/mol. The Morgan fingerprint density at radius 1 is 1.08 bits per heavy atom. The number of likely N-dealkylation sites (tertiary alicyclic amines) is 1. The minimum Gasteiger partial charge on any atom is -0.380 e. The van der Waals surface area contributed by atoms with E-state index in [2.05, 4.69) is 0 Å². The van der Waals surface area contributed by atoms with Gasteiger partial charge in [0.1, 0.15) is 0 Å². The Labute approximate surface area is 139 Å². The fourth-order valence-corrected chi connectivity index (χ4v) is 3.76. The minimum absolute atomic E-state index is 0.0363. The number of benzene rings is 1. The van der Waals surface area contributed by atoms with Crippen LogP contribution in [0.5, 0.6) is 0 Å². The number of nitrogens with zero attached hydrogens (tertiary/aromatic N) is 1. The van der Waals surface area contributed by atoms with E-state index >= 15 is 0 Å². The first-order valence-electron chi connectivity index (χ1n) is 8.38. The first-order valence-corrected chi connectivity index (χ1v) is 8.38. The zero-order chi connectivity index (χ0) is 17.4. The van der Waals surface area contributed by atoms with Crippen LogP contribution in [0.25, 0.3) is 0 Å². The molecule has 132 valence electrons. The summed E-state index contributed by atoms with van der Waals surface area (Å²) in [6.07, 6.45) is -2.36. The van der Waals surface area contributed by atoms with Gasteiger partial charge in [0.15, 0.2) is 5.60 Å². The molecule has 1 aliphatic carbocycles. The molecule has 2 aliphatic rings. The van der Waals surface area contributed by atoms with Crippen molar-refractivity contribution in [3.63, 3.8) is 0 Å². The third-order valence-corrected chi connectivity index (χ3v) is 5.56. The highest BCUT2D eigenvalue weighted by atomic mass is 19.4. The maximum absolute atomic E-state index is 12.9. The highest BCUT2D eigenvalue weighted by Crippen LogP contribution is 2.46. The van der Waals surface area contributed by atoms with Crippen molar-refractivity contribution in [2.24, 2.45) is 5.41 Å². The van der Waals surface area contributed by atoms with Gasteiger partial charge in [0.25, 0.3) is 0 Å². The molecule has 1 aromatic rings. The molecule has 0 bridgehead atoms. The van der Waals surface area contributed by atoms with Crippen molar-refractivity contribution in [2.75, 3.05) is 13.1 Å². The van der Waals surface area contributed by atoms with Gasteiger partial charge in [-0.15, -0.1) is 0 Å². The summed E-state index contributed by atoms with van der Waals surface area (Å²) >= 11 is 0. The summed E-state index contributed by atoms with van der Waals surface area (Å²) in [5, 5.41) is 9.75. The molecule has 0 spiro atoms. The van der Waals surface area contributed by atoms with Gasteiger partial charge in [0.2, 0.25) is 5.91 Å². The smallest absolute Gasteiger partial charge is 0.380 e. The maximum Gasteiger partial charge on any atom is 0.417 e.